The Labute approximate surface area is 160 Å². The minimum absolute atomic E-state index is 0.00241. The van der Waals surface area contributed by atoms with Gasteiger partial charge in [-0.25, -0.2) is 8.42 Å². The molecule has 2 atom stereocenters. The molecule has 0 aromatic heterocycles. The molecule has 1 N–H and O–H groups in total. The zero-order valence-electron chi connectivity index (χ0n) is 14.5. The number of nitro groups is 1. The summed E-state index contributed by atoms with van der Waals surface area (Å²) in [5, 5.41) is 13.2. The highest BCUT2D eigenvalue weighted by Gasteiger charge is 2.38. The Morgan fingerprint density at radius 1 is 1.44 bits per heavy atom. The Morgan fingerprint density at radius 3 is 2.70 bits per heavy atom. The van der Waals surface area contributed by atoms with E-state index in [2.05, 4.69) is 5.32 Å². The zero-order valence-corrected chi connectivity index (χ0v) is 16.1. The standard InChI is InChI=1S/C15H18ClN3O7S/c1-9(26-15(21)13-4-3-7-18(13)27(2,24)25)14(20)17-12-8-10(19(22)23)5-6-11(12)16/h5-6,8-9,13H,3-4,7H2,1-2H3,(H,17,20). The highest BCUT2D eigenvalue weighted by Crippen LogP contribution is 2.27. The lowest BCUT2D eigenvalue weighted by Gasteiger charge is -2.22. The van der Waals surface area contributed by atoms with Crippen LogP contribution in [0.1, 0.15) is 19.8 Å². The summed E-state index contributed by atoms with van der Waals surface area (Å²) in [7, 11) is -3.57. The second-order valence-corrected chi connectivity index (χ2v) is 8.36. The van der Waals surface area contributed by atoms with E-state index in [0.717, 1.165) is 16.6 Å². The quantitative estimate of drug-likeness (QED) is 0.419. The Bertz CT molecular complexity index is 874. The number of carbonyl (C=O) groups excluding carboxylic acids is 2. The van der Waals surface area contributed by atoms with Crippen LogP contribution in [0, 0.1) is 10.1 Å². The average molecular weight is 420 g/mol. The van der Waals surface area contributed by atoms with Gasteiger partial charge >= 0.3 is 5.97 Å². The van der Waals surface area contributed by atoms with E-state index in [4.69, 9.17) is 16.3 Å². The molecule has 1 fully saturated rings. The maximum absolute atomic E-state index is 12.3. The molecule has 148 valence electrons. The van der Waals surface area contributed by atoms with Gasteiger partial charge in [-0.15, -0.1) is 0 Å². The molecule has 1 amide bonds. The summed E-state index contributed by atoms with van der Waals surface area (Å²) in [6.07, 6.45) is 0.557. The summed E-state index contributed by atoms with van der Waals surface area (Å²) in [6, 6.07) is 2.55. The first-order chi connectivity index (χ1) is 12.5. The number of anilines is 1. The van der Waals surface area contributed by atoms with Crippen LogP contribution in [0.5, 0.6) is 0 Å². The third kappa shape index (κ3) is 5.15. The number of amides is 1. The normalized spacial score (nSPS) is 18.7. The SMILES string of the molecule is CC(OC(=O)C1CCCN1S(C)(=O)=O)C(=O)Nc1cc([N+](=O)[O-])ccc1Cl. The topological polar surface area (TPSA) is 136 Å². The fourth-order valence-electron chi connectivity index (χ4n) is 2.64. The summed E-state index contributed by atoms with van der Waals surface area (Å²) >= 11 is 5.91. The Morgan fingerprint density at radius 2 is 2.11 bits per heavy atom. The number of hydrogen-bond acceptors (Lipinski definition) is 7. The van der Waals surface area contributed by atoms with Crippen LogP contribution in [0.15, 0.2) is 18.2 Å². The summed E-state index contributed by atoms with van der Waals surface area (Å²) in [5.74, 6) is -1.58. The number of sulfonamides is 1. The highest BCUT2D eigenvalue weighted by molar-refractivity contribution is 7.88. The predicted octanol–water partition coefficient (Wildman–Crippen LogP) is 1.54. The molecule has 0 saturated carbocycles. The summed E-state index contributed by atoms with van der Waals surface area (Å²) in [5.41, 5.74) is -0.272. The molecule has 27 heavy (non-hydrogen) atoms. The van der Waals surface area contributed by atoms with Gasteiger partial charge in [0.2, 0.25) is 10.0 Å². The molecule has 1 saturated heterocycles. The molecule has 1 aromatic rings. The number of esters is 1. The number of halogens is 1. The van der Waals surface area contributed by atoms with Gasteiger partial charge in [0, 0.05) is 18.7 Å². The minimum Gasteiger partial charge on any atom is -0.451 e. The first kappa shape index (κ1) is 21.1. The van der Waals surface area contributed by atoms with Crippen LogP contribution in [0.25, 0.3) is 0 Å². The van der Waals surface area contributed by atoms with Crippen molar-refractivity contribution in [1.82, 2.24) is 4.31 Å². The molecular formula is C15H18ClN3O7S. The molecule has 1 aliphatic rings. The molecule has 2 unspecified atom stereocenters. The van der Waals surface area contributed by atoms with Gasteiger partial charge in [0.25, 0.3) is 11.6 Å². The van der Waals surface area contributed by atoms with Crippen LogP contribution < -0.4 is 5.32 Å². The average Bonchev–Trinajstić information content (AvgIpc) is 3.06. The van der Waals surface area contributed by atoms with Crippen molar-refractivity contribution >= 4 is 44.9 Å². The molecule has 1 aromatic carbocycles. The number of nitrogens with zero attached hydrogens (tertiary/aromatic N) is 2. The molecule has 10 nitrogen and oxygen atoms in total. The van der Waals surface area contributed by atoms with Crippen molar-refractivity contribution in [3.63, 3.8) is 0 Å². The van der Waals surface area contributed by atoms with Crippen LogP contribution >= 0.6 is 11.6 Å². The number of hydrogen-bond donors (Lipinski definition) is 1. The largest absolute Gasteiger partial charge is 0.451 e. The first-order valence-electron chi connectivity index (χ1n) is 7.93. The van der Waals surface area contributed by atoms with Crippen molar-refractivity contribution in [3.8, 4) is 0 Å². The third-order valence-electron chi connectivity index (χ3n) is 3.98. The van der Waals surface area contributed by atoms with Gasteiger partial charge in [-0.3, -0.25) is 19.7 Å². The number of nitro benzene ring substituents is 1. The van der Waals surface area contributed by atoms with E-state index in [1.165, 1.54) is 19.1 Å². The fourth-order valence-corrected chi connectivity index (χ4v) is 3.92. The summed E-state index contributed by atoms with van der Waals surface area (Å²) < 4.78 is 29.5. The zero-order chi connectivity index (χ0) is 20.4. The van der Waals surface area contributed by atoms with Gasteiger partial charge in [0.15, 0.2) is 6.10 Å². The number of nitrogens with one attached hydrogen (secondary N) is 1. The maximum atomic E-state index is 12.3. The van der Waals surface area contributed by atoms with Gasteiger partial charge in [-0.2, -0.15) is 4.31 Å². The van der Waals surface area contributed by atoms with E-state index < -0.39 is 39.0 Å². The smallest absolute Gasteiger partial charge is 0.325 e. The predicted molar refractivity (Wildman–Crippen MR) is 96.9 cm³/mol. The first-order valence-corrected chi connectivity index (χ1v) is 10.2. The van der Waals surface area contributed by atoms with Crippen molar-refractivity contribution in [2.45, 2.75) is 31.9 Å². The van der Waals surface area contributed by atoms with E-state index >= 15 is 0 Å². The molecule has 0 aliphatic carbocycles. The molecule has 2 rings (SSSR count). The van der Waals surface area contributed by atoms with E-state index in [-0.39, 0.29) is 22.9 Å². The van der Waals surface area contributed by atoms with Gasteiger partial charge in [-0.1, -0.05) is 11.6 Å². The van der Waals surface area contributed by atoms with Crippen LogP contribution in [0.3, 0.4) is 0 Å². The summed E-state index contributed by atoms with van der Waals surface area (Å²) in [6.45, 7) is 1.51. The van der Waals surface area contributed by atoms with Gasteiger partial charge in [0.1, 0.15) is 6.04 Å². The lowest BCUT2D eigenvalue weighted by Crippen LogP contribution is -2.43. The van der Waals surface area contributed by atoms with Crippen LogP contribution in [0.2, 0.25) is 5.02 Å². The number of carbonyl (C=O) groups is 2. The van der Waals surface area contributed by atoms with Crippen molar-refractivity contribution in [2.24, 2.45) is 0 Å². The lowest BCUT2D eigenvalue weighted by molar-refractivity contribution is -0.384. The monoisotopic (exact) mass is 419 g/mol. The van der Waals surface area contributed by atoms with E-state index in [1.807, 2.05) is 0 Å². The van der Waals surface area contributed by atoms with Crippen molar-refractivity contribution in [2.75, 3.05) is 18.1 Å². The van der Waals surface area contributed by atoms with Crippen molar-refractivity contribution in [3.05, 3.63) is 33.3 Å². The van der Waals surface area contributed by atoms with Gasteiger partial charge < -0.3 is 10.1 Å². The molecule has 1 heterocycles. The number of benzene rings is 1. The van der Waals surface area contributed by atoms with Gasteiger partial charge in [-0.05, 0) is 25.8 Å². The van der Waals surface area contributed by atoms with E-state index in [1.54, 1.807) is 0 Å². The summed E-state index contributed by atoms with van der Waals surface area (Å²) in [4.78, 5) is 34.7. The van der Waals surface area contributed by atoms with E-state index in [9.17, 15) is 28.1 Å². The van der Waals surface area contributed by atoms with Crippen molar-refractivity contribution < 1.29 is 27.7 Å². The third-order valence-corrected chi connectivity index (χ3v) is 5.60. The Hall–Kier alpha value is -2.24. The second kappa shape index (κ2) is 8.19. The Balaban J connectivity index is 2.05. The van der Waals surface area contributed by atoms with Crippen molar-refractivity contribution in [1.29, 1.82) is 0 Å². The van der Waals surface area contributed by atoms with E-state index in [0.29, 0.717) is 12.8 Å². The fraction of sp³-hybridized carbons (Fsp3) is 0.467. The Kier molecular flexibility index (Phi) is 6.39. The molecule has 0 bridgehead atoms. The van der Waals surface area contributed by atoms with Crippen LogP contribution in [0.4, 0.5) is 11.4 Å². The molecule has 0 spiro atoms. The molecule has 1 aliphatic heterocycles. The maximum Gasteiger partial charge on any atom is 0.325 e. The minimum atomic E-state index is -3.57. The number of rotatable bonds is 6. The molecular weight excluding hydrogens is 402 g/mol. The molecule has 12 heteroatoms. The lowest BCUT2D eigenvalue weighted by atomic mass is 10.2. The van der Waals surface area contributed by atoms with Crippen LogP contribution in [-0.4, -0.2) is 54.5 Å². The number of non-ortho nitro benzene ring substituents is 1. The van der Waals surface area contributed by atoms with Gasteiger partial charge in [0.05, 0.1) is 21.9 Å². The highest BCUT2D eigenvalue weighted by atomic mass is 35.5. The van der Waals surface area contributed by atoms with Crippen LogP contribution in [-0.2, 0) is 24.3 Å². The number of ether oxygens (including phenoxy) is 1. The second-order valence-electron chi connectivity index (χ2n) is 6.02. The molecule has 0 radical (unpaired) electrons.